The zero-order valence-corrected chi connectivity index (χ0v) is 25.1. The van der Waals surface area contributed by atoms with Gasteiger partial charge < -0.3 is 14.9 Å². The van der Waals surface area contributed by atoms with Crippen LogP contribution in [0.1, 0.15) is 107 Å². The molecule has 0 saturated heterocycles. The van der Waals surface area contributed by atoms with Gasteiger partial charge in [-0.1, -0.05) is 72.3 Å². The molecule has 4 aliphatic carbocycles. The average molecular weight is 529 g/mol. The third-order valence-corrected chi connectivity index (χ3v) is 12.6. The van der Waals surface area contributed by atoms with Gasteiger partial charge in [-0.05, 0) is 91.3 Å². The molecule has 0 aliphatic heterocycles. The smallest absolute Gasteiger partial charge is 0.306 e. The van der Waals surface area contributed by atoms with Gasteiger partial charge in [0.05, 0.1) is 12.0 Å². The van der Waals surface area contributed by atoms with Gasteiger partial charge in [0.15, 0.2) is 0 Å². The van der Waals surface area contributed by atoms with Crippen LogP contribution in [-0.4, -0.2) is 34.4 Å². The van der Waals surface area contributed by atoms with Crippen LogP contribution in [0.5, 0.6) is 0 Å². The lowest BCUT2D eigenvalue weighted by atomic mass is 9.40. The third-order valence-electron chi connectivity index (χ3n) is 12.6. The van der Waals surface area contributed by atoms with Crippen LogP contribution < -0.4 is 0 Å². The molecule has 0 bridgehead atoms. The molecule has 0 heterocycles. The molecular weight excluding hydrogens is 476 g/mol. The maximum absolute atomic E-state index is 12.8. The van der Waals surface area contributed by atoms with Gasteiger partial charge in [-0.25, -0.2) is 0 Å². The summed E-state index contributed by atoms with van der Waals surface area (Å²) in [6.07, 6.45) is 8.33. The zero-order chi connectivity index (χ0) is 28.4. The summed E-state index contributed by atoms with van der Waals surface area (Å²) < 4.78 is 6.12. The van der Waals surface area contributed by atoms with E-state index in [1.54, 1.807) is 0 Å². The fourth-order valence-electron chi connectivity index (χ4n) is 9.85. The largest absolute Gasteiger partial charge is 0.481 e. The van der Waals surface area contributed by atoms with E-state index in [-0.39, 0.29) is 40.3 Å². The summed E-state index contributed by atoms with van der Waals surface area (Å²) in [4.78, 5) is 25.2. The first kappa shape index (κ1) is 29.4. The Morgan fingerprint density at radius 1 is 1.13 bits per heavy atom. The second-order valence-corrected chi connectivity index (χ2v) is 14.8. The van der Waals surface area contributed by atoms with Crippen molar-refractivity contribution in [3.8, 4) is 0 Å². The molecule has 5 nitrogen and oxygen atoms in total. The van der Waals surface area contributed by atoms with Crippen LogP contribution >= 0.6 is 0 Å². The van der Waals surface area contributed by atoms with Gasteiger partial charge in [0.2, 0.25) is 0 Å². The summed E-state index contributed by atoms with van der Waals surface area (Å²) in [5.74, 6) is -0.533. The van der Waals surface area contributed by atoms with Gasteiger partial charge in [-0.2, -0.15) is 0 Å². The van der Waals surface area contributed by atoms with Crippen LogP contribution in [0.4, 0.5) is 0 Å². The highest BCUT2D eigenvalue weighted by atomic mass is 16.5. The van der Waals surface area contributed by atoms with Crippen molar-refractivity contribution in [3.05, 3.63) is 23.8 Å². The first-order chi connectivity index (χ1) is 17.5. The highest BCUT2D eigenvalue weighted by Gasteiger charge is 2.70. The molecule has 3 saturated carbocycles. The molecule has 0 aromatic carbocycles. The Morgan fingerprint density at radius 2 is 1.79 bits per heavy atom. The van der Waals surface area contributed by atoms with Gasteiger partial charge >= 0.3 is 11.9 Å². The number of allylic oxidation sites excluding steroid dienone is 2. The molecule has 2 N–H and O–H groups in total. The summed E-state index contributed by atoms with van der Waals surface area (Å²) in [5.41, 5.74) is 1.70. The van der Waals surface area contributed by atoms with Crippen LogP contribution in [0.15, 0.2) is 23.8 Å². The van der Waals surface area contributed by atoms with Gasteiger partial charge in [0.25, 0.3) is 0 Å². The number of rotatable bonds is 7. The minimum absolute atomic E-state index is 0.0667. The summed E-state index contributed by atoms with van der Waals surface area (Å²) in [7, 11) is 0. The third kappa shape index (κ3) is 4.21. The SMILES string of the molecule is C=C(CCC(C(=O)O)C1CC(OC(C)=O)C2(C)C3=CCC4C(C)(C)C(O)CCC4(C)C3CCC12C)C(C)C. The Kier molecular flexibility index (Phi) is 7.56. The van der Waals surface area contributed by atoms with E-state index in [0.717, 1.165) is 37.7 Å². The number of carboxylic acid groups (broad SMARTS) is 1. The molecule has 4 aliphatic rings. The zero-order valence-electron chi connectivity index (χ0n) is 25.1. The summed E-state index contributed by atoms with van der Waals surface area (Å²) in [5, 5.41) is 21.4. The topological polar surface area (TPSA) is 83.8 Å². The van der Waals surface area contributed by atoms with E-state index >= 15 is 0 Å². The first-order valence-electron chi connectivity index (χ1n) is 15.0. The number of carboxylic acids is 1. The van der Waals surface area contributed by atoms with Crippen LogP contribution in [0.25, 0.3) is 0 Å². The van der Waals surface area contributed by atoms with Crippen LogP contribution in [0.2, 0.25) is 0 Å². The second-order valence-electron chi connectivity index (χ2n) is 14.8. The summed E-state index contributed by atoms with van der Waals surface area (Å²) >= 11 is 0. The maximum atomic E-state index is 12.8. The van der Waals surface area contributed by atoms with Crippen molar-refractivity contribution in [2.75, 3.05) is 0 Å². The number of fused-ring (bicyclic) bond motifs is 5. The lowest BCUT2D eigenvalue weighted by Crippen LogP contribution is -2.59. The van der Waals surface area contributed by atoms with Crippen molar-refractivity contribution >= 4 is 11.9 Å². The molecule has 38 heavy (non-hydrogen) atoms. The Balaban J connectivity index is 1.77. The number of aliphatic carboxylic acids is 1. The number of carbonyl (C=O) groups excluding carboxylic acids is 1. The number of aliphatic hydroxyl groups is 1. The molecule has 5 heteroatoms. The van der Waals surface area contributed by atoms with Crippen LogP contribution in [0, 0.1) is 51.2 Å². The number of ether oxygens (including phenoxy) is 1. The minimum atomic E-state index is -0.742. The lowest BCUT2D eigenvalue weighted by molar-refractivity contribution is -0.160. The molecule has 0 amide bonds. The Bertz CT molecular complexity index is 1010. The minimum Gasteiger partial charge on any atom is -0.481 e. The number of aliphatic hydroxyl groups excluding tert-OH is 1. The Hall–Kier alpha value is -1.62. The normalized spacial score (nSPS) is 42.4. The molecule has 3 fully saturated rings. The lowest BCUT2D eigenvalue weighted by Gasteiger charge is -2.64. The van der Waals surface area contributed by atoms with Gasteiger partial charge in [0, 0.05) is 12.3 Å². The van der Waals surface area contributed by atoms with Crippen molar-refractivity contribution in [1.29, 1.82) is 0 Å². The average Bonchev–Trinajstić information content (AvgIpc) is 3.03. The van der Waals surface area contributed by atoms with E-state index in [1.807, 2.05) is 0 Å². The van der Waals surface area contributed by atoms with Crippen molar-refractivity contribution in [2.24, 2.45) is 51.2 Å². The van der Waals surface area contributed by atoms with Crippen molar-refractivity contribution in [1.82, 2.24) is 0 Å². The van der Waals surface area contributed by atoms with Crippen molar-refractivity contribution < 1.29 is 24.5 Å². The van der Waals surface area contributed by atoms with E-state index < -0.39 is 17.3 Å². The molecular formula is C33H52O5. The number of carbonyl (C=O) groups is 2. The molecule has 214 valence electrons. The fourth-order valence-corrected chi connectivity index (χ4v) is 9.85. The summed E-state index contributed by atoms with van der Waals surface area (Å²) in [6.45, 7) is 21.3. The van der Waals surface area contributed by atoms with Gasteiger partial charge in [-0.15, -0.1) is 0 Å². The van der Waals surface area contributed by atoms with Crippen molar-refractivity contribution in [3.63, 3.8) is 0 Å². The van der Waals surface area contributed by atoms with Crippen LogP contribution in [-0.2, 0) is 14.3 Å². The highest BCUT2D eigenvalue weighted by molar-refractivity contribution is 5.71. The summed E-state index contributed by atoms with van der Waals surface area (Å²) in [6, 6.07) is 0. The van der Waals surface area contributed by atoms with E-state index in [2.05, 4.69) is 61.1 Å². The molecule has 0 radical (unpaired) electrons. The van der Waals surface area contributed by atoms with E-state index in [9.17, 15) is 19.8 Å². The standard InChI is InChI=1S/C33H52O5/c1-19(2)20(3)10-11-22(29(36)37)25-18-28(38-21(4)34)33(9)24-12-13-26-30(5,6)27(35)15-16-31(26,7)23(24)14-17-32(25,33)8/h12,19,22-23,25-28,35H,3,10-11,13-18H2,1-2,4-9H3,(H,36,37). The van der Waals surface area contributed by atoms with Crippen LogP contribution in [0.3, 0.4) is 0 Å². The molecule has 0 spiro atoms. The molecule has 4 rings (SSSR count). The quantitative estimate of drug-likeness (QED) is 0.270. The fraction of sp³-hybridized carbons (Fsp3) is 0.818. The Morgan fingerprint density at radius 3 is 2.37 bits per heavy atom. The van der Waals surface area contributed by atoms with Gasteiger partial charge in [-0.3, -0.25) is 9.59 Å². The van der Waals surface area contributed by atoms with E-state index in [4.69, 9.17) is 4.74 Å². The number of esters is 1. The van der Waals surface area contributed by atoms with E-state index in [0.29, 0.717) is 37.0 Å². The Labute approximate surface area is 230 Å². The van der Waals surface area contributed by atoms with Gasteiger partial charge in [0.1, 0.15) is 6.10 Å². The molecule has 0 aromatic rings. The van der Waals surface area contributed by atoms with Crippen molar-refractivity contribution in [2.45, 2.75) is 119 Å². The van der Waals surface area contributed by atoms with E-state index in [1.165, 1.54) is 12.5 Å². The highest BCUT2D eigenvalue weighted by Crippen LogP contribution is 2.73. The predicted octanol–water partition coefficient (Wildman–Crippen LogP) is 7.19. The maximum Gasteiger partial charge on any atom is 0.306 e. The first-order valence-corrected chi connectivity index (χ1v) is 15.0. The monoisotopic (exact) mass is 528 g/mol. The molecule has 9 unspecified atom stereocenters. The molecule has 0 aromatic heterocycles. The predicted molar refractivity (Wildman–Crippen MR) is 150 cm³/mol. The molecule has 9 atom stereocenters. The second kappa shape index (κ2) is 9.78. The number of hydrogen-bond donors (Lipinski definition) is 2. The number of hydrogen-bond acceptors (Lipinski definition) is 4.